The minimum absolute atomic E-state index is 0.0832. The third-order valence-corrected chi connectivity index (χ3v) is 3.99. The van der Waals surface area contributed by atoms with Crippen LogP contribution in [-0.4, -0.2) is 5.91 Å². The molecule has 1 amide bonds. The lowest BCUT2D eigenvalue weighted by atomic mass is 10.1. The summed E-state index contributed by atoms with van der Waals surface area (Å²) in [6.45, 7) is 0. The molecule has 0 aliphatic carbocycles. The van der Waals surface area contributed by atoms with E-state index in [0.717, 1.165) is 16.5 Å². The van der Waals surface area contributed by atoms with Gasteiger partial charge in [0.1, 0.15) is 11.6 Å². The Hall–Kier alpha value is -3.23. The van der Waals surface area contributed by atoms with Crippen LogP contribution in [0.1, 0.15) is 0 Å². The number of nitrogens with one attached hydrogen (secondary N) is 2. The molecule has 0 atom stereocenters. The normalized spacial score (nSPS) is 11.4. The van der Waals surface area contributed by atoms with Gasteiger partial charge in [-0.1, -0.05) is 54.6 Å². The Labute approximate surface area is 151 Å². The Morgan fingerprint density at radius 3 is 2.32 bits per heavy atom. The van der Waals surface area contributed by atoms with Crippen LogP contribution in [0.15, 0.2) is 83.4 Å². The molecule has 0 heterocycles. The summed E-state index contributed by atoms with van der Waals surface area (Å²) in [4.78, 5) is 12.5. The van der Waals surface area contributed by atoms with Crippen molar-refractivity contribution in [2.75, 3.05) is 10.6 Å². The molecule has 0 saturated heterocycles. The predicted octanol–water partition coefficient (Wildman–Crippen LogP) is 4.56. The van der Waals surface area contributed by atoms with Gasteiger partial charge in [-0.2, -0.15) is 5.26 Å². The van der Waals surface area contributed by atoms with E-state index in [4.69, 9.17) is 0 Å². The first-order chi connectivity index (χ1) is 12.2. The first-order valence-corrected chi connectivity index (χ1v) is 8.08. The second-order valence-electron chi connectivity index (χ2n) is 5.31. The fraction of sp³-hybridized carbons (Fsp3) is 0. The third-order valence-electron chi connectivity index (χ3n) is 3.65. The van der Waals surface area contributed by atoms with Crippen molar-refractivity contribution in [2.45, 2.75) is 0 Å². The van der Waals surface area contributed by atoms with Crippen molar-refractivity contribution >= 4 is 40.7 Å². The van der Waals surface area contributed by atoms with E-state index < -0.39 is 5.91 Å². The first kappa shape index (κ1) is 16.6. The summed E-state index contributed by atoms with van der Waals surface area (Å²) in [5.41, 5.74) is 1.31. The molecule has 0 radical (unpaired) electrons. The Kier molecular flexibility index (Phi) is 5.03. The first-order valence-electron chi connectivity index (χ1n) is 7.63. The second-order valence-corrected chi connectivity index (χ2v) is 5.75. The highest BCUT2D eigenvalue weighted by molar-refractivity contribution is 7.84. The van der Waals surface area contributed by atoms with E-state index in [1.807, 2.05) is 72.8 Å². The number of rotatable bonds is 4. The number of benzene rings is 3. The van der Waals surface area contributed by atoms with Gasteiger partial charge < -0.3 is 10.6 Å². The van der Waals surface area contributed by atoms with Gasteiger partial charge in [-0.05, 0) is 23.6 Å². The van der Waals surface area contributed by atoms with Crippen LogP contribution in [0.5, 0.6) is 0 Å². The van der Waals surface area contributed by atoms with E-state index in [9.17, 15) is 10.1 Å². The Morgan fingerprint density at radius 2 is 1.56 bits per heavy atom. The topological polar surface area (TPSA) is 64.9 Å². The summed E-state index contributed by atoms with van der Waals surface area (Å²) in [5, 5.41) is 17.3. The maximum Gasteiger partial charge on any atom is 0.269 e. The van der Waals surface area contributed by atoms with E-state index in [2.05, 4.69) is 23.3 Å². The molecule has 3 rings (SSSR count). The molecular weight excluding hydrogens is 330 g/mol. The smallest absolute Gasteiger partial charge is 0.269 e. The van der Waals surface area contributed by atoms with E-state index in [1.165, 1.54) is 0 Å². The molecule has 0 fully saturated rings. The van der Waals surface area contributed by atoms with Gasteiger partial charge in [0.05, 0.1) is 5.03 Å². The number of para-hydroxylation sites is 1. The molecule has 0 aromatic heterocycles. The molecule has 0 unspecified atom stereocenters. The number of amides is 1. The molecule has 0 spiro atoms. The summed E-state index contributed by atoms with van der Waals surface area (Å²) in [5.74, 6) is -0.507. The number of thiol groups is 1. The molecule has 25 heavy (non-hydrogen) atoms. The number of carbonyl (C=O) groups is 1. The summed E-state index contributed by atoms with van der Waals surface area (Å²) < 4.78 is 0. The van der Waals surface area contributed by atoms with Crippen LogP contribution in [0.3, 0.4) is 0 Å². The number of carbonyl (C=O) groups excluding carboxylic acids is 1. The highest BCUT2D eigenvalue weighted by atomic mass is 32.1. The van der Waals surface area contributed by atoms with Gasteiger partial charge in [0.25, 0.3) is 5.91 Å². The van der Waals surface area contributed by atoms with Crippen LogP contribution in [0.2, 0.25) is 0 Å². The lowest BCUT2D eigenvalue weighted by Crippen LogP contribution is -2.16. The van der Waals surface area contributed by atoms with Crippen LogP contribution in [0, 0.1) is 11.3 Å². The summed E-state index contributed by atoms with van der Waals surface area (Å²) in [6.07, 6.45) is 0. The zero-order valence-corrected chi connectivity index (χ0v) is 14.1. The molecule has 0 aliphatic heterocycles. The van der Waals surface area contributed by atoms with Gasteiger partial charge in [-0.25, -0.2) is 0 Å². The van der Waals surface area contributed by atoms with E-state index >= 15 is 0 Å². The van der Waals surface area contributed by atoms with Crippen molar-refractivity contribution in [2.24, 2.45) is 0 Å². The zero-order valence-electron chi connectivity index (χ0n) is 13.2. The van der Waals surface area contributed by atoms with E-state index in [-0.39, 0.29) is 10.6 Å². The monoisotopic (exact) mass is 345 g/mol. The van der Waals surface area contributed by atoms with Crippen LogP contribution in [0.25, 0.3) is 10.8 Å². The van der Waals surface area contributed by atoms with Crippen molar-refractivity contribution in [3.8, 4) is 6.07 Å². The molecule has 4 nitrogen and oxygen atoms in total. The Bertz CT molecular complexity index is 985. The molecule has 5 heteroatoms. The van der Waals surface area contributed by atoms with Gasteiger partial charge in [0.2, 0.25) is 0 Å². The van der Waals surface area contributed by atoms with Crippen molar-refractivity contribution in [3.05, 3.63) is 83.4 Å². The molecule has 3 aromatic carbocycles. The van der Waals surface area contributed by atoms with E-state index in [0.29, 0.717) is 5.69 Å². The fourth-order valence-corrected chi connectivity index (χ4v) is 2.73. The summed E-state index contributed by atoms with van der Waals surface area (Å²) in [6, 6.07) is 24.5. The van der Waals surface area contributed by atoms with Crippen molar-refractivity contribution in [3.63, 3.8) is 0 Å². The number of hydrogen-bond donors (Lipinski definition) is 3. The van der Waals surface area contributed by atoms with Crippen LogP contribution >= 0.6 is 12.6 Å². The SMILES string of the molecule is N#C/C(C(=O)Nc1cccc2ccccc12)=C(/S)Nc1ccccc1. The Balaban J connectivity index is 1.87. The summed E-state index contributed by atoms with van der Waals surface area (Å²) >= 11 is 4.28. The largest absolute Gasteiger partial charge is 0.349 e. The third kappa shape index (κ3) is 3.82. The lowest BCUT2D eigenvalue weighted by molar-refractivity contribution is -0.112. The quantitative estimate of drug-likeness (QED) is 0.369. The van der Waals surface area contributed by atoms with Crippen LogP contribution in [0.4, 0.5) is 11.4 Å². The molecular formula is C20H15N3OS. The Morgan fingerprint density at radius 1 is 0.880 bits per heavy atom. The van der Waals surface area contributed by atoms with Gasteiger partial charge in [0, 0.05) is 16.8 Å². The minimum Gasteiger partial charge on any atom is -0.349 e. The van der Waals surface area contributed by atoms with Crippen molar-refractivity contribution in [1.82, 2.24) is 0 Å². The highest BCUT2D eigenvalue weighted by Crippen LogP contribution is 2.24. The predicted molar refractivity (Wildman–Crippen MR) is 104 cm³/mol. The number of fused-ring (bicyclic) bond motifs is 1. The molecule has 0 aliphatic rings. The number of nitrogens with zero attached hydrogens (tertiary/aromatic N) is 1. The van der Waals surface area contributed by atoms with Crippen LogP contribution in [-0.2, 0) is 4.79 Å². The number of hydrogen-bond acceptors (Lipinski definition) is 4. The standard InChI is InChI=1S/C20H15N3OS/c21-13-17(20(25)22-15-9-2-1-3-10-15)19(24)23-18-12-6-8-14-7-4-5-11-16(14)18/h1-12,22,25H,(H,23,24)/b20-17-. The average molecular weight is 345 g/mol. The fourth-order valence-electron chi connectivity index (χ4n) is 2.45. The molecule has 2 N–H and O–H groups in total. The van der Waals surface area contributed by atoms with Gasteiger partial charge in [-0.3, -0.25) is 4.79 Å². The maximum absolute atomic E-state index is 12.5. The minimum atomic E-state index is -0.507. The van der Waals surface area contributed by atoms with E-state index in [1.54, 1.807) is 6.07 Å². The lowest BCUT2D eigenvalue weighted by Gasteiger charge is -2.11. The number of nitriles is 1. The molecule has 0 saturated carbocycles. The second kappa shape index (κ2) is 7.56. The highest BCUT2D eigenvalue weighted by Gasteiger charge is 2.15. The van der Waals surface area contributed by atoms with Gasteiger partial charge in [0.15, 0.2) is 0 Å². The van der Waals surface area contributed by atoms with Crippen molar-refractivity contribution < 1.29 is 4.79 Å². The molecule has 3 aromatic rings. The average Bonchev–Trinajstić information content (AvgIpc) is 2.63. The van der Waals surface area contributed by atoms with Crippen molar-refractivity contribution in [1.29, 1.82) is 5.26 Å². The molecule has 0 bridgehead atoms. The van der Waals surface area contributed by atoms with Gasteiger partial charge >= 0.3 is 0 Å². The zero-order chi connectivity index (χ0) is 17.6. The van der Waals surface area contributed by atoms with Crippen LogP contribution < -0.4 is 10.6 Å². The molecule has 122 valence electrons. The van der Waals surface area contributed by atoms with Gasteiger partial charge in [-0.15, -0.1) is 12.6 Å². The summed E-state index contributed by atoms with van der Waals surface area (Å²) in [7, 11) is 0. The number of anilines is 2. The maximum atomic E-state index is 12.5.